The van der Waals surface area contributed by atoms with Crippen molar-refractivity contribution in [1.29, 1.82) is 0 Å². The summed E-state index contributed by atoms with van der Waals surface area (Å²) in [4.78, 5) is 63.3. The minimum atomic E-state index is -0.887. The molecule has 1 saturated carbocycles. The number of nitrogens with one attached hydrogen (secondary N) is 2. The second kappa shape index (κ2) is 13.5. The molecular formula is C36H43FN6O8. The third-order valence-electron chi connectivity index (χ3n) is 8.70. The maximum Gasteiger partial charge on any atom is 0.415 e. The minimum absolute atomic E-state index is 0.0446. The molecule has 2 aliphatic heterocycles. The van der Waals surface area contributed by atoms with Crippen LogP contribution >= 0.6 is 0 Å². The van der Waals surface area contributed by atoms with Gasteiger partial charge < -0.3 is 23.8 Å². The number of hydrogen-bond donors (Lipinski definition) is 2. The summed E-state index contributed by atoms with van der Waals surface area (Å²) in [5, 5.41) is 5.79. The first-order valence-corrected chi connectivity index (χ1v) is 17.0. The summed E-state index contributed by atoms with van der Waals surface area (Å²) in [5.41, 5.74) is -0.659. The zero-order chi connectivity index (χ0) is 36.8. The minimum Gasteiger partial charge on any atom is -0.474 e. The van der Waals surface area contributed by atoms with Gasteiger partial charge in [0.2, 0.25) is 11.8 Å². The van der Waals surface area contributed by atoms with Crippen molar-refractivity contribution < 1.29 is 42.5 Å². The van der Waals surface area contributed by atoms with Gasteiger partial charge in [-0.2, -0.15) is 0 Å². The number of nitrogens with zero attached hydrogens (tertiary/aromatic N) is 4. The van der Waals surface area contributed by atoms with Crippen LogP contribution in [0.1, 0.15) is 66.4 Å². The zero-order valence-corrected chi connectivity index (χ0v) is 29.8. The number of likely N-dealkylation sites (tertiary alicyclic amines) is 1. The summed E-state index contributed by atoms with van der Waals surface area (Å²) in [6, 6.07) is 3.06. The van der Waals surface area contributed by atoms with Crippen LogP contribution in [-0.2, 0) is 19.0 Å². The Hall–Kier alpha value is -5.21. The molecule has 0 atom stereocenters. The number of pyridine rings is 2. The van der Waals surface area contributed by atoms with Crippen molar-refractivity contribution in [1.82, 2.24) is 14.9 Å². The molecule has 3 aromatic rings. The maximum atomic E-state index is 16.7. The molecule has 4 amide bonds. The van der Waals surface area contributed by atoms with Crippen molar-refractivity contribution in [3.05, 3.63) is 35.9 Å². The van der Waals surface area contributed by atoms with E-state index in [1.165, 1.54) is 23.4 Å². The first kappa shape index (κ1) is 35.6. The Labute approximate surface area is 295 Å². The number of anilines is 3. The number of fused-ring (bicyclic) bond motifs is 2. The largest absolute Gasteiger partial charge is 0.474 e. The lowest BCUT2D eigenvalue weighted by molar-refractivity contribution is -0.145. The molecule has 0 spiro atoms. The van der Waals surface area contributed by atoms with Crippen LogP contribution in [0, 0.1) is 18.7 Å². The van der Waals surface area contributed by atoms with Gasteiger partial charge in [-0.15, -0.1) is 0 Å². The van der Waals surface area contributed by atoms with E-state index in [2.05, 4.69) is 20.6 Å². The first-order valence-electron chi connectivity index (χ1n) is 17.0. The van der Waals surface area contributed by atoms with Crippen LogP contribution < -0.4 is 20.3 Å². The van der Waals surface area contributed by atoms with Gasteiger partial charge in [0.05, 0.1) is 12.2 Å². The quantitative estimate of drug-likeness (QED) is 0.271. The molecule has 2 aromatic heterocycles. The van der Waals surface area contributed by atoms with Crippen LogP contribution in [0.3, 0.4) is 0 Å². The van der Waals surface area contributed by atoms with Crippen LogP contribution in [0.5, 0.6) is 5.88 Å². The summed E-state index contributed by atoms with van der Waals surface area (Å²) >= 11 is 0. The normalized spacial score (nSPS) is 18.4. The standard InChI is InChI=1S/C36H43FN6O8/c1-19-24(17-39-30-29(19)43(11-12-48-30)34(47)51-36(5,6)7)23-15-20-16-26(38-18-25(20)28(27(23)37)41-33(46)50-35(2,3)4)40-32(45)49-22-13-21(14-22)31(44)42-9-8-10-42/h15-18,21-22H,8-14H2,1-7H3,(H,41,46)(H,38,40,45). The highest BCUT2D eigenvalue weighted by Gasteiger charge is 2.40. The van der Waals surface area contributed by atoms with Gasteiger partial charge in [-0.25, -0.2) is 28.7 Å². The predicted molar refractivity (Wildman–Crippen MR) is 186 cm³/mol. The second-order valence-corrected chi connectivity index (χ2v) is 15.0. The summed E-state index contributed by atoms with van der Waals surface area (Å²) in [5.74, 6) is -0.529. The lowest BCUT2D eigenvalue weighted by Crippen LogP contribution is -2.50. The number of ether oxygens (including phenoxy) is 4. The number of carbonyl (C=O) groups is 4. The molecule has 14 nitrogen and oxygen atoms in total. The highest BCUT2D eigenvalue weighted by molar-refractivity contribution is 6.05. The fourth-order valence-corrected chi connectivity index (χ4v) is 6.12. The molecule has 0 bridgehead atoms. The molecule has 6 rings (SSSR count). The van der Waals surface area contributed by atoms with Gasteiger partial charge in [0, 0.05) is 47.9 Å². The molecule has 1 aliphatic carbocycles. The van der Waals surface area contributed by atoms with E-state index < -0.39 is 41.4 Å². The summed E-state index contributed by atoms with van der Waals surface area (Å²) in [6.07, 6.45) is 2.06. The van der Waals surface area contributed by atoms with E-state index in [4.69, 9.17) is 18.9 Å². The lowest BCUT2D eigenvalue weighted by Gasteiger charge is -2.40. The van der Waals surface area contributed by atoms with Crippen LogP contribution in [0.15, 0.2) is 24.5 Å². The van der Waals surface area contributed by atoms with Crippen molar-refractivity contribution in [2.24, 2.45) is 5.92 Å². The third kappa shape index (κ3) is 7.76. The second-order valence-electron chi connectivity index (χ2n) is 15.0. The Morgan fingerprint density at radius 2 is 1.61 bits per heavy atom. The fourth-order valence-electron chi connectivity index (χ4n) is 6.12. The summed E-state index contributed by atoms with van der Waals surface area (Å²) < 4.78 is 39.0. The first-order chi connectivity index (χ1) is 24.0. The Morgan fingerprint density at radius 3 is 2.25 bits per heavy atom. The fraction of sp³-hybridized carbons (Fsp3) is 0.500. The molecule has 1 aromatic carbocycles. The highest BCUT2D eigenvalue weighted by Crippen LogP contribution is 2.43. The van der Waals surface area contributed by atoms with Crippen molar-refractivity contribution in [2.75, 3.05) is 41.8 Å². The lowest BCUT2D eigenvalue weighted by atomic mass is 9.81. The molecule has 4 heterocycles. The van der Waals surface area contributed by atoms with Gasteiger partial charge in [-0.1, -0.05) is 0 Å². The smallest absolute Gasteiger partial charge is 0.415 e. The topological polar surface area (TPSA) is 162 Å². The Bertz CT molecular complexity index is 1900. The van der Waals surface area contributed by atoms with Crippen LogP contribution in [0.25, 0.3) is 21.9 Å². The zero-order valence-electron chi connectivity index (χ0n) is 29.8. The average Bonchev–Trinajstić information content (AvgIpc) is 2.97. The van der Waals surface area contributed by atoms with Crippen molar-refractivity contribution in [3.8, 4) is 17.0 Å². The van der Waals surface area contributed by atoms with Crippen molar-refractivity contribution >= 4 is 52.2 Å². The molecule has 51 heavy (non-hydrogen) atoms. The van der Waals surface area contributed by atoms with Gasteiger partial charge in [0.1, 0.15) is 35.4 Å². The number of hydrogen-bond acceptors (Lipinski definition) is 10. The van der Waals surface area contributed by atoms with E-state index in [9.17, 15) is 19.2 Å². The maximum absolute atomic E-state index is 16.7. The average molecular weight is 707 g/mol. The highest BCUT2D eigenvalue weighted by atomic mass is 19.1. The van der Waals surface area contributed by atoms with E-state index in [1.807, 2.05) is 4.90 Å². The summed E-state index contributed by atoms with van der Waals surface area (Å²) in [7, 11) is 0. The number of rotatable bonds is 5. The number of halogens is 1. The van der Waals surface area contributed by atoms with Gasteiger partial charge in [-0.3, -0.25) is 20.3 Å². The molecule has 0 radical (unpaired) electrons. The van der Waals surface area contributed by atoms with Crippen molar-refractivity contribution in [2.45, 2.75) is 85.0 Å². The number of carbonyl (C=O) groups excluding carboxylic acids is 4. The van der Waals surface area contributed by atoms with Gasteiger partial charge in [-0.05, 0) is 90.8 Å². The molecule has 2 fully saturated rings. The van der Waals surface area contributed by atoms with E-state index in [0.717, 1.165) is 19.5 Å². The van der Waals surface area contributed by atoms with Gasteiger partial charge >= 0.3 is 18.3 Å². The summed E-state index contributed by atoms with van der Waals surface area (Å²) in [6.45, 7) is 14.0. The van der Waals surface area contributed by atoms with E-state index >= 15 is 4.39 Å². The Morgan fingerprint density at radius 1 is 0.902 bits per heavy atom. The molecule has 1 saturated heterocycles. The Balaban J connectivity index is 1.32. The molecule has 2 N–H and O–H groups in total. The van der Waals surface area contributed by atoms with Crippen LogP contribution in [0.4, 0.5) is 36.0 Å². The number of benzene rings is 1. The third-order valence-corrected chi connectivity index (χ3v) is 8.70. The van der Waals surface area contributed by atoms with Crippen LogP contribution in [0.2, 0.25) is 0 Å². The van der Waals surface area contributed by atoms with E-state index in [1.54, 1.807) is 54.5 Å². The molecule has 272 valence electrons. The monoisotopic (exact) mass is 706 g/mol. The Kier molecular flexibility index (Phi) is 9.42. The SMILES string of the molecule is Cc1c(-c2cc3cc(NC(=O)OC4CC(C(=O)N5CCC5)C4)ncc3c(NC(=O)OC(C)(C)C)c2F)cnc2c1N(C(=O)OC(C)(C)C)CCO2. The van der Waals surface area contributed by atoms with E-state index in [-0.39, 0.29) is 53.3 Å². The number of amides is 4. The van der Waals surface area contributed by atoms with Crippen LogP contribution in [-0.4, -0.2) is 82.6 Å². The predicted octanol–water partition coefficient (Wildman–Crippen LogP) is 6.78. The van der Waals surface area contributed by atoms with Gasteiger partial charge in [0.15, 0.2) is 5.82 Å². The molecular weight excluding hydrogens is 663 g/mol. The van der Waals surface area contributed by atoms with Gasteiger partial charge in [0.25, 0.3) is 0 Å². The molecule has 3 aliphatic rings. The number of aromatic nitrogens is 2. The van der Waals surface area contributed by atoms with E-state index in [0.29, 0.717) is 35.0 Å². The molecule has 0 unspecified atom stereocenters. The van der Waals surface area contributed by atoms with Crippen molar-refractivity contribution in [3.63, 3.8) is 0 Å². The molecule has 15 heteroatoms.